The molecule has 1 aromatic heterocycles. The van der Waals surface area contributed by atoms with Gasteiger partial charge in [0, 0.05) is 32.2 Å². The molecule has 1 aliphatic heterocycles. The normalized spacial score (nSPS) is 23.1. The van der Waals surface area contributed by atoms with Crippen LogP contribution in [0.2, 0.25) is 0 Å². The van der Waals surface area contributed by atoms with Crippen LogP contribution in [0.15, 0.2) is 24.3 Å². The summed E-state index contributed by atoms with van der Waals surface area (Å²) in [6, 6.07) is 11.5. The molecule has 0 amide bonds. The molecule has 2 saturated carbocycles. The van der Waals surface area contributed by atoms with E-state index in [4.69, 9.17) is 0 Å². The fraction of sp³-hybridized carbons (Fsp3) is 0.667. The van der Waals surface area contributed by atoms with Crippen LogP contribution in [0.5, 0.6) is 0 Å². The predicted molar refractivity (Wildman–Crippen MR) is 118 cm³/mol. The number of rotatable bonds is 5. The van der Waals surface area contributed by atoms with Crippen molar-refractivity contribution in [3.05, 3.63) is 41.2 Å². The molecule has 0 unspecified atom stereocenters. The van der Waals surface area contributed by atoms with Crippen LogP contribution in [-0.2, 0) is 0 Å². The van der Waals surface area contributed by atoms with Crippen LogP contribution < -0.4 is 0 Å². The van der Waals surface area contributed by atoms with Gasteiger partial charge in [0.15, 0.2) is 5.82 Å². The minimum atomic E-state index is -0.00240. The van der Waals surface area contributed by atoms with E-state index in [2.05, 4.69) is 42.1 Å². The molecule has 0 spiro atoms. The fourth-order valence-electron chi connectivity index (χ4n) is 5.90. The monoisotopic (exact) mass is 419 g/mol. The van der Waals surface area contributed by atoms with Gasteiger partial charge < -0.3 is 0 Å². The molecule has 0 radical (unpaired) electrons. The summed E-state index contributed by atoms with van der Waals surface area (Å²) in [4.78, 5) is 5.24. The molecule has 7 nitrogen and oxygen atoms in total. The number of nitrogens with zero attached hydrogens (tertiary/aromatic N) is 7. The van der Waals surface area contributed by atoms with Gasteiger partial charge in [-0.15, -0.1) is 5.10 Å². The molecule has 1 aromatic carbocycles. The number of tetrazole rings is 1. The summed E-state index contributed by atoms with van der Waals surface area (Å²) in [5.74, 6) is 0.938. The average molecular weight is 420 g/mol. The number of aromatic nitrogens is 4. The molecule has 164 valence electrons. The van der Waals surface area contributed by atoms with Crippen LogP contribution in [0, 0.1) is 11.3 Å². The average Bonchev–Trinajstić information content (AvgIpc) is 3.53. The molecule has 2 heterocycles. The van der Waals surface area contributed by atoms with Crippen molar-refractivity contribution in [1.29, 1.82) is 5.26 Å². The Balaban J connectivity index is 1.41. The first kappa shape index (κ1) is 20.6. The first-order chi connectivity index (χ1) is 15.3. The molecule has 2 aliphatic carbocycles. The third-order valence-electron chi connectivity index (χ3n) is 7.57. The molecule has 7 heteroatoms. The zero-order chi connectivity index (χ0) is 21.0. The van der Waals surface area contributed by atoms with E-state index in [1.54, 1.807) is 0 Å². The molecular formula is C24H33N7. The maximum absolute atomic E-state index is 9.48. The molecule has 0 N–H and O–H groups in total. The second-order valence-electron chi connectivity index (χ2n) is 9.42. The molecule has 2 aromatic rings. The van der Waals surface area contributed by atoms with Crippen molar-refractivity contribution in [3.8, 4) is 6.07 Å². The Hall–Kier alpha value is -2.30. The van der Waals surface area contributed by atoms with Gasteiger partial charge in [-0.1, -0.05) is 44.2 Å². The lowest BCUT2D eigenvalue weighted by Crippen LogP contribution is -2.52. The molecule has 3 fully saturated rings. The van der Waals surface area contributed by atoms with Crippen LogP contribution in [0.4, 0.5) is 0 Å². The van der Waals surface area contributed by atoms with Crippen molar-refractivity contribution >= 4 is 0 Å². The van der Waals surface area contributed by atoms with Gasteiger partial charge in [-0.25, -0.2) is 4.68 Å². The van der Waals surface area contributed by atoms with Gasteiger partial charge in [-0.05, 0) is 53.8 Å². The highest BCUT2D eigenvalue weighted by Gasteiger charge is 2.34. The predicted octanol–water partition coefficient (Wildman–Crippen LogP) is 3.70. The number of hydrogen-bond acceptors (Lipinski definition) is 6. The number of hydrogen-bond donors (Lipinski definition) is 0. The highest BCUT2D eigenvalue weighted by Crippen LogP contribution is 2.35. The Labute approximate surface area is 185 Å². The Kier molecular flexibility index (Phi) is 6.28. The molecule has 1 atom stereocenters. The van der Waals surface area contributed by atoms with E-state index in [1.807, 2.05) is 18.2 Å². The van der Waals surface area contributed by atoms with Crippen LogP contribution in [0.25, 0.3) is 0 Å². The second-order valence-corrected chi connectivity index (χ2v) is 9.42. The summed E-state index contributed by atoms with van der Waals surface area (Å²) >= 11 is 0. The Morgan fingerprint density at radius 1 is 0.903 bits per heavy atom. The first-order valence-corrected chi connectivity index (χ1v) is 12.1. The lowest BCUT2D eigenvalue weighted by atomic mass is 9.93. The van der Waals surface area contributed by atoms with Gasteiger partial charge in [0.25, 0.3) is 0 Å². The van der Waals surface area contributed by atoms with Gasteiger partial charge >= 0.3 is 0 Å². The van der Waals surface area contributed by atoms with E-state index < -0.39 is 0 Å². The number of benzene rings is 1. The van der Waals surface area contributed by atoms with E-state index in [0.717, 1.165) is 56.5 Å². The van der Waals surface area contributed by atoms with Crippen molar-refractivity contribution in [2.45, 2.75) is 75.9 Å². The lowest BCUT2D eigenvalue weighted by molar-refractivity contribution is 0.0615. The molecule has 1 saturated heterocycles. The molecule has 3 aliphatic rings. The van der Waals surface area contributed by atoms with Crippen LogP contribution in [-0.4, -0.2) is 62.2 Å². The van der Waals surface area contributed by atoms with E-state index in [0.29, 0.717) is 11.6 Å². The largest absolute Gasteiger partial charge is 0.298 e. The van der Waals surface area contributed by atoms with Crippen LogP contribution in [0.3, 0.4) is 0 Å². The van der Waals surface area contributed by atoms with Crippen molar-refractivity contribution in [3.63, 3.8) is 0 Å². The standard InChI is InChI=1S/C24H33N7/c25-18-19-7-6-8-20(17-19)23(24-26-27-28-31(24)22-11-4-5-12-22)30-15-13-29(14-16-30)21-9-2-1-3-10-21/h6-8,17,21-23H,1-5,9-16H2/t23-/m1/s1. The maximum atomic E-state index is 9.48. The zero-order valence-electron chi connectivity index (χ0n) is 18.4. The lowest BCUT2D eigenvalue weighted by Gasteiger charge is -2.43. The van der Waals surface area contributed by atoms with Gasteiger partial charge in [0.2, 0.25) is 0 Å². The van der Waals surface area contributed by atoms with Crippen LogP contribution in [0.1, 0.15) is 86.8 Å². The Bertz CT molecular complexity index is 897. The van der Waals surface area contributed by atoms with Crippen molar-refractivity contribution in [1.82, 2.24) is 30.0 Å². The third-order valence-corrected chi connectivity index (χ3v) is 7.57. The molecule has 0 bridgehead atoms. The van der Waals surface area contributed by atoms with Gasteiger partial charge in [-0.2, -0.15) is 5.26 Å². The van der Waals surface area contributed by atoms with Crippen molar-refractivity contribution in [2.24, 2.45) is 0 Å². The summed E-state index contributed by atoms with van der Waals surface area (Å²) < 4.78 is 2.09. The number of nitriles is 1. The van der Waals surface area contributed by atoms with Crippen molar-refractivity contribution in [2.75, 3.05) is 26.2 Å². The topological polar surface area (TPSA) is 73.9 Å². The second kappa shape index (κ2) is 9.46. The maximum Gasteiger partial charge on any atom is 0.173 e. The zero-order valence-corrected chi connectivity index (χ0v) is 18.4. The smallest absolute Gasteiger partial charge is 0.173 e. The summed E-state index contributed by atoms with van der Waals surface area (Å²) in [5, 5.41) is 22.5. The van der Waals surface area contributed by atoms with Gasteiger partial charge in [0.05, 0.1) is 23.7 Å². The van der Waals surface area contributed by atoms with Crippen molar-refractivity contribution < 1.29 is 0 Å². The minimum Gasteiger partial charge on any atom is -0.298 e. The van der Waals surface area contributed by atoms with Gasteiger partial charge in [-0.3, -0.25) is 9.80 Å². The first-order valence-electron chi connectivity index (χ1n) is 12.1. The Morgan fingerprint density at radius 2 is 1.61 bits per heavy atom. The number of piperazine rings is 1. The summed E-state index contributed by atoms with van der Waals surface area (Å²) in [7, 11) is 0. The van der Waals surface area contributed by atoms with Crippen LogP contribution >= 0.6 is 0 Å². The van der Waals surface area contributed by atoms with E-state index >= 15 is 0 Å². The van der Waals surface area contributed by atoms with E-state index in [-0.39, 0.29) is 6.04 Å². The molecule has 5 rings (SSSR count). The quantitative estimate of drug-likeness (QED) is 0.736. The fourth-order valence-corrected chi connectivity index (χ4v) is 5.90. The van der Waals surface area contributed by atoms with E-state index in [1.165, 1.54) is 44.9 Å². The summed E-state index contributed by atoms with van der Waals surface area (Å²) in [6.45, 7) is 4.22. The molecular weight excluding hydrogens is 386 g/mol. The van der Waals surface area contributed by atoms with E-state index in [9.17, 15) is 5.26 Å². The SMILES string of the molecule is N#Cc1cccc([C@H](c2nnnn2C2CCCC2)N2CCN(C3CCCCC3)CC2)c1. The van der Waals surface area contributed by atoms with Gasteiger partial charge in [0.1, 0.15) is 0 Å². The third kappa shape index (κ3) is 4.37. The minimum absolute atomic E-state index is 0.00240. The summed E-state index contributed by atoms with van der Waals surface area (Å²) in [6.07, 6.45) is 11.7. The highest BCUT2D eigenvalue weighted by molar-refractivity contribution is 5.36. The molecule has 31 heavy (non-hydrogen) atoms. The summed E-state index contributed by atoms with van der Waals surface area (Å²) in [5.41, 5.74) is 1.82. The highest BCUT2D eigenvalue weighted by atomic mass is 15.6. The Morgan fingerprint density at radius 3 is 2.35 bits per heavy atom.